The molecular weight excluding hydrogens is 574 g/mol. The van der Waals surface area contributed by atoms with Crippen LogP contribution in [0.2, 0.25) is 0 Å². The molecule has 0 bridgehead atoms. The van der Waals surface area contributed by atoms with Gasteiger partial charge in [-0.2, -0.15) is 0 Å². The van der Waals surface area contributed by atoms with Gasteiger partial charge in [-0.1, -0.05) is 133 Å². The van der Waals surface area contributed by atoms with Gasteiger partial charge in [0.1, 0.15) is 0 Å². The number of rotatable bonds is 7. The Balaban J connectivity index is 0.000000667. The van der Waals surface area contributed by atoms with Crippen molar-refractivity contribution in [3.8, 4) is 0 Å². The molecular formula is C38H58FeP2. The Kier molecular flexibility index (Phi) is 17.7. The maximum atomic E-state index is 2.75. The average Bonchev–Trinajstić information content (AvgIpc) is 3.72. The third kappa shape index (κ3) is 10.0. The van der Waals surface area contributed by atoms with Gasteiger partial charge in [0, 0.05) is 0 Å². The Labute approximate surface area is 268 Å². The van der Waals surface area contributed by atoms with Crippen molar-refractivity contribution in [2.24, 2.45) is 5.92 Å². The molecule has 0 heterocycles. The number of benzene rings is 2. The van der Waals surface area contributed by atoms with Crippen LogP contribution in [0.25, 0.3) is 0 Å². The van der Waals surface area contributed by atoms with Gasteiger partial charge in [0.15, 0.2) is 0 Å². The molecule has 4 aliphatic carbocycles. The van der Waals surface area contributed by atoms with E-state index < -0.39 is 0 Å². The third-order valence-electron chi connectivity index (χ3n) is 9.92. The van der Waals surface area contributed by atoms with Crippen molar-refractivity contribution >= 4 is 26.5 Å². The van der Waals surface area contributed by atoms with Crippen molar-refractivity contribution in [2.45, 2.75) is 132 Å². The Bertz CT molecular complexity index is 885. The van der Waals surface area contributed by atoms with E-state index in [0.29, 0.717) is 0 Å². The van der Waals surface area contributed by atoms with E-state index in [1.807, 2.05) is 0 Å². The van der Waals surface area contributed by atoms with Gasteiger partial charge in [-0.3, -0.25) is 0 Å². The quantitative estimate of drug-likeness (QED) is 0.123. The second-order valence-electron chi connectivity index (χ2n) is 12.4. The van der Waals surface area contributed by atoms with Crippen LogP contribution in [0, 0.1) is 20.8 Å². The van der Waals surface area contributed by atoms with Crippen LogP contribution < -0.4 is 10.6 Å². The number of hydrogen-bond donors (Lipinski definition) is 0. The van der Waals surface area contributed by atoms with E-state index >= 15 is 0 Å². The zero-order chi connectivity index (χ0) is 26.0. The normalized spacial score (nSPS) is 23.6. The molecule has 3 saturated carbocycles. The molecule has 3 fully saturated rings. The zero-order valence-corrected chi connectivity index (χ0v) is 29.3. The van der Waals surface area contributed by atoms with Crippen LogP contribution in [0.3, 0.4) is 0 Å². The molecule has 3 atom stereocenters. The summed E-state index contributed by atoms with van der Waals surface area (Å²) in [7, 11) is -0.121. The SMILES string of the molecule is C1=CCCC1.C[C@H](C1CCCC1P(c1ccccc1)c1ccccc1)P(C1CCCCC1)C1CCCCC1.[CH3-].[CH3-].[Fe+2]. The predicted molar refractivity (Wildman–Crippen MR) is 186 cm³/mol. The Morgan fingerprint density at radius 1 is 0.561 bits per heavy atom. The standard InChI is InChI=1S/C31H44P2.C5H8.2CH3.Fe/c1-25(32(26-15-6-2-7-16-26)27-17-8-3-9-18-27)30-23-14-24-31(30)33(28-19-10-4-11-20-28)29-21-12-5-13-22-29;1-2-4-5-3-1;;;/h4-5,10-13,19-22,25-27,30-31H,2-3,6-9,14-18,23-24H2,1H3;1-2H,3-5H2;2*1H3;/q;;2*-1;+2/t25-,30?,31?;;;;/m1..../s1. The van der Waals surface area contributed by atoms with Gasteiger partial charge in [-0.25, -0.2) is 0 Å². The molecule has 0 aromatic heterocycles. The molecule has 0 saturated heterocycles. The van der Waals surface area contributed by atoms with Crippen molar-refractivity contribution in [1.29, 1.82) is 0 Å². The van der Waals surface area contributed by atoms with Crippen LogP contribution in [0.15, 0.2) is 72.8 Å². The second-order valence-corrected chi connectivity index (χ2v) is 18.0. The molecule has 4 aliphatic rings. The minimum atomic E-state index is -0.273. The topological polar surface area (TPSA) is 0 Å². The average molecular weight is 633 g/mol. The molecule has 0 radical (unpaired) electrons. The maximum absolute atomic E-state index is 2.75. The largest absolute Gasteiger partial charge is 2.00 e. The molecule has 2 aromatic carbocycles. The number of hydrogen-bond acceptors (Lipinski definition) is 0. The summed E-state index contributed by atoms with van der Waals surface area (Å²) >= 11 is 0. The van der Waals surface area contributed by atoms with E-state index in [-0.39, 0.29) is 47.8 Å². The Morgan fingerprint density at radius 2 is 1.02 bits per heavy atom. The van der Waals surface area contributed by atoms with Gasteiger partial charge in [0.05, 0.1) is 0 Å². The molecule has 0 spiro atoms. The van der Waals surface area contributed by atoms with Crippen LogP contribution in [-0.4, -0.2) is 22.6 Å². The van der Waals surface area contributed by atoms with Gasteiger partial charge >= 0.3 is 17.1 Å². The van der Waals surface area contributed by atoms with Crippen LogP contribution >= 0.6 is 15.8 Å². The summed E-state index contributed by atoms with van der Waals surface area (Å²) in [6, 6.07) is 23.2. The fraction of sp³-hybridized carbons (Fsp3) is 0.579. The Morgan fingerprint density at radius 3 is 1.44 bits per heavy atom. The molecule has 0 amide bonds. The van der Waals surface area contributed by atoms with Crippen molar-refractivity contribution in [3.05, 3.63) is 87.7 Å². The first-order valence-electron chi connectivity index (χ1n) is 16.1. The van der Waals surface area contributed by atoms with Crippen molar-refractivity contribution in [2.75, 3.05) is 0 Å². The zero-order valence-electron chi connectivity index (χ0n) is 26.4. The summed E-state index contributed by atoms with van der Waals surface area (Å²) in [5.74, 6) is 0.937. The first-order chi connectivity index (χ1) is 18.8. The van der Waals surface area contributed by atoms with Crippen molar-refractivity contribution < 1.29 is 17.1 Å². The van der Waals surface area contributed by atoms with Gasteiger partial charge in [0.2, 0.25) is 0 Å². The van der Waals surface area contributed by atoms with Gasteiger partial charge < -0.3 is 14.9 Å². The summed E-state index contributed by atoms with van der Waals surface area (Å²) in [4.78, 5) is 0. The predicted octanol–water partition coefficient (Wildman–Crippen LogP) is 11.4. The first kappa shape index (κ1) is 36.7. The molecule has 228 valence electrons. The van der Waals surface area contributed by atoms with Crippen LogP contribution in [0.1, 0.15) is 110 Å². The summed E-state index contributed by atoms with van der Waals surface area (Å²) < 4.78 is 0. The molecule has 41 heavy (non-hydrogen) atoms. The van der Waals surface area contributed by atoms with Crippen LogP contribution in [-0.2, 0) is 17.1 Å². The minimum absolute atomic E-state index is 0. The second kappa shape index (κ2) is 19.8. The van der Waals surface area contributed by atoms with Crippen LogP contribution in [0.5, 0.6) is 0 Å². The summed E-state index contributed by atoms with van der Waals surface area (Å²) in [5, 5.41) is 3.23. The van der Waals surface area contributed by atoms with Gasteiger partial charge in [0.25, 0.3) is 0 Å². The van der Waals surface area contributed by atoms with E-state index in [1.165, 1.54) is 77.0 Å². The number of allylic oxidation sites excluding steroid dienone is 2. The monoisotopic (exact) mass is 632 g/mol. The molecule has 2 unspecified atom stereocenters. The molecule has 6 rings (SSSR count). The maximum Gasteiger partial charge on any atom is 2.00 e. The summed E-state index contributed by atoms with van der Waals surface area (Å²) in [6.07, 6.45) is 28.1. The van der Waals surface area contributed by atoms with Crippen molar-refractivity contribution in [3.63, 3.8) is 0 Å². The molecule has 0 nitrogen and oxygen atoms in total. The molecule has 0 N–H and O–H groups in total. The van der Waals surface area contributed by atoms with E-state index in [9.17, 15) is 0 Å². The van der Waals surface area contributed by atoms with Crippen LogP contribution in [0.4, 0.5) is 0 Å². The third-order valence-corrected chi connectivity index (χ3v) is 17.0. The van der Waals surface area contributed by atoms with Crippen molar-refractivity contribution in [1.82, 2.24) is 0 Å². The molecule has 0 aliphatic heterocycles. The Hall–Kier alpha value is -0.441. The van der Waals surface area contributed by atoms with E-state index in [0.717, 1.165) is 28.6 Å². The molecule has 3 heteroatoms. The van der Waals surface area contributed by atoms with E-state index in [1.54, 1.807) is 36.3 Å². The first-order valence-corrected chi connectivity index (χ1v) is 19.1. The summed E-state index contributed by atoms with van der Waals surface area (Å²) in [5.41, 5.74) is 3.98. The van der Waals surface area contributed by atoms with Gasteiger partial charge in [-0.05, 0) is 105 Å². The fourth-order valence-corrected chi connectivity index (χ4v) is 16.2. The summed E-state index contributed by atoms with van der Waals surface area (Å²) in [6.45, 7) is 2.75. The fourth-order valence-electron chi connectivity index (χ4n) is 8.09. The molecule has 2 aromatic rings. The van der Waals surface area contributed by atoms with E-state index in [4.69, 9.17) is 0 Å². The smallest absolute Gasteiger partial charge is 0.358 e. The van der Waals surface area contributed by atoms with E-state index in [2.05, 4.69) is 79.7 Å². The minimum Gasteiger partial charge on any atom is -0.358 e. The van der Waals surface area contributed by atoms with Gasteiger partial charge in [-0.15, -0.1) is 0 Å².